The van der Waals surface area contributed by atoms with Crippen LogP contribution in [-0.2, 0) is 6.54 Å². The Kier molecular flexibility index (Phi) is 4.88. The van der Waals surface area contributed by atoms with Crippen LogP contribution in [0.15, 0.2) is 30.3 Å². The van der Waals surface area contributed by atoms with Crippen LogP contribution < -0.4 is 4.74 Å². The fourth-order valence-corrected chi connectivity index (χ4v) is 3.13. The van der Waals surface area contributed by atoms with Crippen LogP contribution >= 0.6 is 0 Å². The summed E-state index contributed by atoms with van der Waals surface area (Å²) in [5, 5.41) is 4.54. The number of amides is 1. The maximum absolute atomic E-state index is 12.7. The molecular weight excluding hydrogens is 302 g/mol. The number of aryl methyl sites for hydroxylation is 1. The zero-order valence-electron chi connectivity index (χ0n) is 14.7. The third-order valence-electron chi connectivity index (χ3n) is 4.76. The van der Waals surface area contributed by atoms with Crippen LogP contribution in [0.1, 0.15) is 37.2 Å². The topological polar surface area (TPSA) is 47.4 Å². The van der Waals surface area contributed by atoms with Crippen molar-refractivity contribution in [3.05, 3.63) is 36.0 Å². The van der Waals surface area contributed by atoms with E-state index < -0.39 is 0 Å². The lowest BCUT2D eigenvalue weighted by molar-refractivity contribution is 0.0690. The molecule has 1 aromatic carbocycles. The van der Waals surface area contributed by atoms with Gasteiger partial charge in [-0.2, -0.15) is 5.10 Å². The summed E-state index contributed by atoms with van der Waals surface area (Å²) in [5.41, 5.74) is 2.54. The summed E-state index contributed by atoms with van der Waals surface area (Å²) in [6.07, 6.45) is 2.15. The largest absolute Gasteiger partial charge is 0.497 e. The molecule has 0 radical (unpaired) electrons. The van der Waals surface area contributed by atoms with Crippen LogP contribution in [0.25, 0.3) is 11.3 Å². The summed E-state index contributed by atoms with van der Waals surface area (Å²) in [5.74, 6) is 1.57. The van der Waals surface area contributed by atoms with Gasteiger partial charge in [-0.3, -0.25) is 9.48 Å². The van der Waals surface area contributed by atoms with E-state index in [0.717, 1.165) is 49.5 Å². The molecule has 0 unspecified atom stereocenters. The first kappa shape index (κ1) is 16.6. The number of aromatic nitrogens is 2. The molecule has 0 N–H and O–H groups in total. The molecule has 0 atom stereocenters. The fraction of sp³-hybridized carbons (Fsp3) is 0.474. The molecule has 1 aromatic heterocycles. The molecule has 5 nitrogen and oxygen atoms in total. The molecule has 5 heteroatoms. The van der Waals surface area contributed by atoms with Gasteiger partial charge in [-0.15, -0.1) is 0 Å². The Morgan fingerprint density at radius 3 is 2.50 bits per heavy atom. The van der Waals surface area contributed by atoms with E-state index in [0.29, 0.717) is 11.6 Å². The summed E-state index contributed by atoms with van der Waals surface area (Å²) in [6.45, 7) is 6.67. The summed E-state index contributed by atoms with van der Waals surface area (Å²) in [4.78, 5) is 14.7. The molecule has 1 amide bonds. The molecule has 0 spiro atoms. The second kappa shape index (κ2) is 7.07. The van der Waals surface area contributed by atoms with Crippen molar-refractivity contribution < 1.29 is 9.53 Å². The molecule has 3 rings (SSSR count). The number of likely N-dealkylation sites (tertiary alicyclic amines) is 1. The van der Waals surface area contributed by atoms with Gasteiger partial charge in [0.2, 0.25) is 0 Å². The van der Waals surface area contributed by atoms with Gasteiger partial charge in [0.1, 0.15) is 5.75 Å². The van der Waals surface area contributed by atoms with Crippen LogP contribution in [0.4, 0.5) is 0 Å². The van der Waals surface area contributed by atoms with Gasteiger partial charge >= 0.3 is 0 Å². The zero-order chi connectivity index (χ0) is 17.1. The summed E-state index contributed by atoms with van der Waals surface area (Å²) >= 11 is 0. The molecule has 2 heterocycles. The van der Waals surface area contributed by atoms with Crippen LogP contribution in [0.2, 0.25) is 0 Å². The van der Waals surface area contributed by atoms with E-state index in [9.17, 15) is 4.79 Å². The fourth-order valence-electron chi connectivity index (χ4n) is 3.13. The van der Waals surface area contributed by atoms with E-state index in [4.69, 9.17) is 4.74 Å². The summed E-state index contributed by atoms with van der Waals surface area (Å²) in [6, 6.07) is 9.76. The standard InChI is InChI=1S/C19H25N3O2/c1-4-22-18(15-5-7-16(24-3)8-6-15)13-17(20-22)19(23)21-11-9-14(2)10-12-21/h5-8,13-14H,4,9-12H2,1-3H3. The highest BCUT2D eigenvalue weighted by molar-refractivity contribution is 5.93. The normalized spacial score (nSPS) is 15.5. The van der Waals surface area contributed by atoms with Gasteiger partial charge in [0.05, 0.1) is 12.8 Å². The molecule has 24 heavy (non-hydrogen) atoms. The van der Waals surface area contributed by atoms with Gasteiger partial charge in [0, 0.05) is 25.2 Å². The van der Waals surface area contributed by atoms with Crippen molar-refractivity contribution in [3.63, 3.8) is 0 Å². The Bertz CT molecular complexity index is 698. The lowest BCUT2D eigenvalue weighted by Gasteiger charge is -2.29. The van der Waals surface area contributed by atoms with E-state index in [-0.39, 0.29) is 5.91 Å². The van der Waals surface area contributed by atoms with Crippen molar-refractivity contribution in [2.75, 3.05) is 20.2 Å². The molecule has 0 aliphatic carbocycles. The minimum absolute atomic E-state index is 0.0452. The van der Waals surface area contributed by atoms with E-state index in [1.807, 2.05) is 46.8 Å². The molecule has 1 aliphatic heterocycles. The highest BCUT2D eigenvalue weighted by Crippen LogP contribution is 2.25. The number of rotatable bonds is 4. The van der Waals surface area contributed by atoms with Gasteiger partial charge in [-0.1, -0.05) is 6.92 Å². The van der Waals surface area contributed by atoms with Gasteiger partial charge < -0.3 is 9.64 Å². The Hall–Kier alpha value is -2.30. The van der Waals surface area contributed by atoms with Crippen LogP contribution in [-0.4, -0.2) is 40.8 Å². The number of methoxy groups -OCH3 is 1. The van der Waals surface area contributed by atoms with E-state index in [1.165, 1.54) is 0 Å². The molecule has 2 aromatic rings. The highest BCUT2D eigenvalue weighted by atomic mass is 16.5. The zero-order valence-corrected chi connectivity index (χ0v) is 14.7. The predicted octanol–water partition coefficient (Wildman–Crippen LogP) is 3.45. The number of hydrogen-bond donors (Lipinski definition) is 0. The maximum Gasteiger partial charge on any atom is 0.274 e. The quantitative estimate of drug-likeness (QED) is 0.864. The number of ether oxygens (including phenoxy) is 1. The van der Waals surface area contributed by atoms with E-state index in [2.05, 4.69) is 12.0 Å². The van der Waals surface area contributed by atoms with Crippen LogP contribution in [0, 0.1) is 5.92 Å². The number of piperidine rings is 1. The van der Waals surface area contributed by atoms with Gasteiger partial charge in [-0.05, 0) is 56.0 Å². The maximum atomic E-state index is 12.7. The number of hydrogen-bond acceptors (Lipinski definition) is 3. The van der Waals surface area contributed by atoms with Crippen molar-refractivity contribution in [2.24, 2.45) is 5.92 Å². The summed E-state index contributed by atoms with van der Waals surface area (Å²) in [7, 11) is 1.65. The minimum atomic E-state index is 0.0452. The Morgan fingerprint density at radius 2 is 1.92 bits per heavy atom. The van der Waals surface area contributed by atoms with Gasteiger partial charge in [0.15, 0.2) is 5.69 Å². The third kappa shape index (κ3) is 3.30. The predicted molar refractivity (Wildman–Crippen MR) is 94.2 cm³/mol. The van der Waals surface area contributed by atoms with E-state index in [1.54, 1.807) is 7.11 Å². The van der Waals surface area contributed by atoms with Crippen molar-refractivity contribution in [3.8, 4) is 17.0 Å². The number of nitrogens with zero attached hydrogens (tertiary/aromatic N) is 3. The Balaban J connectivity index is 1.85. The first-order valence-corrected chi connectivity index (χ1v) is 8.64. The molecule has 1 aliphatic rings. The molecular formula is C19H25N3O2. The van der Waals surface area contributed by atoms with Crippen molar-refractivity contribution in [1.82, 2.24) is 14.7 Å². The first-order valence-electron chi connectivity index (χ1n) is 8.64. The second-order valence-corrected chi connectivity index (χ2v) is 6.43. The lowest BCUT2D eigenvalue weighted by atomic mass is 9.99. The Labute approximate surface area is 143 Å². The Morgan fingerprint density at radius 1 is 1.25 bits per heavy atom. The number of carbonyl (C=O) groups is 1. The lowest BCUT2D eigenvalue weighted by Crippen LogP contribution is -2.38. The van der Waals surface area contributed by atoms with Crippen molar-refractivity contribution in [2.45, 2.75) is 33.2 Å². The van der Waals surface area contributed by atoms with Crippen LogP contribution in [0.5, 0.6) is 5.75 Å². The molecule has 0 bridgehead atoms. The first-order chi connectivity index (χ1) is 11.6. The minimum Gasteiger partial charge on any atom is -0.497 e. The monoisotopic (exact) mass is 327 g/mol. The SMILES string of the molecule is CCn1nc(C(=O)N2CCC(C)CC2)cc1-c1ccc(OC)cc1. The summed E-state index contributed by atoms with van der Waals surface area (Å²) < 4.78 is 7.10. The highest BCUT2D eigenvalue weighted by Gasteiger charge is 2.24. The number of benzene rings is 1. The molecule has 0 saturated carbocycles. The molecule has 1 fully saturated rings. The smallest absolute Gasteiger partial charge is 0.274 e. The number of carbonyl (C=O) groups excluding carboxylic acids is 1. The average molecular weight is 327 g/mol. The average Bonchev–Trinajstić information content (AvgIpc) is 3.06. The van der Waals surface area contributed by atoms with E-state index >= 15 is 0 Å². The van der Waals surface area contributed by atoms with Crippen LogP contribution in [0.3, 0.4) is 0 Å². The molecule has 128 valence electrons. The van der Waals surface area contributed by atoms with Crippen molar-refractivity contribution >= 4 is 5.91 Å². The second-order valence-electron chi connectivity index (χ2n) is 6.43. The van der Waals surface area contributed by atoms with Gasteiger partial charge in [-0.25, -0.2) is 0 Å². The van der Waals surface area contributed by atoms with Gasteiger partial charge in [0.25, 0.3) is 5.91 Å². The third-order valence-corrected chi connectivity index (χ3v) is 4.76. The van der Waals surface area contributed by atoms with Crippen molar-refractivity contribution in [1.29, 1.82) is 0 Å². The molecule has 1 saturated heterocycles.